The number of hydroxylamine groups is 3. The molecule has 1 heterocycles. The molecule has 47 valence electrons. The van der Waals surface area contributed by atoms with Gasteiger partial charge < -0.3 is 9.85 Å². The lowest BCUT2D eigenvalue weighted by Crippen LogP contribution is -2.38. The van der Waals surface area contributed by atoms with E-state index in [0.29, 0.717) is 6.54 Å². The second-order valence-corrected chi connectivity index (χ2v) is 2.44. The minimum Gasteiger partial charge on any atom is -0.633 e. The van der Waals surface area contributed by atoms with Crippen LogP contribution < -0.4 is 0 Å². The Bertz CT molecular complexity index is 76.6. The summed E-state index contributed by atoms with van der Waals surface area (Å²) in [7, 11) is 0. The Labute approximate surface area is 50.3 Å². The summed E-state index contributed by atoms with van der Waals surface area (Å²) in [5.41, 5.74) is 0. The van der Waals surface area contributed by atoms with Crippen molar-refractivity contribution >= 4 is 0 Å². The fourth-order valence-corrected chi connectivity index (χ4v) is 1.14. The Morgan fingerprint density at radius 1 is 1.38 bits per heavy atom. The van der Waals surface area contributed by atoms with Gasteiger partial charge in [-0.2, -0.15) is 0 Å². The highest BCUT2D eigenvalue weighted by Gasteiger charge is 2.19. The molecule has 1 saturated heterocycles. The lowest BCUT2D eigenvalue weighted by molar-refractivity contribution is -0.862. The Kier molecular flexibility index (Phi) is 1.54. The zero-order valence-electron chi connectivity index (χ0n) is 5.10. The molecule has 0 aromatic carbocycles. The maximum Gasteiger partial charge on any atom is 0.0786 e. The Morgan fingerprint density at radius 3 is 2.12 bits per heavy atom. The highest BCUT2D eigenvalue weighted by atomic mass is 16.5. The maximum atomic E-state index is 11.1. The molecule has 1 aliphatic rings. The first-order valence-corrected chi connectivity index (χ1v) is 3.13. The lowest BCUT2D eigenvalue weighted by Gasteiger charge is -2.36. The largest absolute Gasteiger partial charge is 0.633 e. The minimum atomic E-state index is -0.0417. The van der Waals surface area contributed by atoms with Crippen LogP contribution in [0.2, 0.25) is 0 Å². The van der Waals surface area contributed by atoms with Crippen LogP contribution in [0, 0.1) is 12.1 Å². The summed E-state index contributed by atoms with van der Waals surface area (Å²) in [6.45, 7) is 5.70. The molecule has 1 rings (SSSR count). The van der Waals surface area contributed by atoms with E-state index in [-0.39, 0.29) is 4.65 Å². The van der Waals surface area contributed by atoms with Gasteiger partial charge in [0.25, 0.3) is 0 Å². The second-order valence-electron chi connectivity index (χ2n) is 2.44. The number of hydrogen-bond donors (Lipinski definition) is 0. The van der Waals surface area contributed by atoms with Crippen molar-refractivity contribution in [2.24, 2.45) is 0 Å². The van der Waals surface area contributed by atoms with E-state index in [0.717, 1.165) is 25.9 Å². The molecule has 1 aliphatic heterocycles. The number of likely N-dealkylation sites (tertiary alicyclic amines) is 1. The van der Waals surface area contributed by atoms with Gasteiger partial charge in [-0.25, -0.2) is 0 Å². The van der Waals surface area contributed by atoms with E-state index < -0.39 is 0 Å². The molecule has 0 N–H and O–H groups in total. The smallest absolute Gasteiger partial charge is 0.0786 e. The van der Waals surface area contributed by atoms with Crippen LogP contribution in [0.3, 0.4) is 0 Å². The topological polar surface area (TPSA) is 23.1 Å². The van der Waals surface area contributed by atoms with Crippen LogP contribution in [0.1, 0.15) is 12.8 Å². The first-order valence-electron chi connectivity index (χ1n) is 3.13. The van der Waals surface area contributed by atoms with E-state index in [1.165, 1.54) is 0 Å². The van der Waals surface area contributed by atoms with Crippen LogP contribution in [0.25, 0.3) is 0 Å². The molecule has 0 unspecified atom stereocenters. The average Bonchev–Trinajstić information content (AvgIpc) is 2.17. The van der Waals surface area contributed by atoms with Crippen molar-refractivity contribution in [2.45, 2.75) is 12.8 Å². The highest BCUT2D eigenvalue weighted by Crippen LogP contribution is 2.15. The third-order valence-electron chi connectivity index (χ3n) is 1.79. The average molecular weight is 114 g/mol. The summed E-state index contributed by atoms with van der Waals surface area (Å²) in [6.07, 6.45) is 2.19. The quantitative estimate of drug-likeness (QED) is 0.367. The Morgan fingerprint density at radius 2 is 1.88 bits per heavy atom. The van der Waals surface area contributed by atoms with E-state index in [9.17, 15) is 5.21 Å². The summed E-state index contributed by atoms with van der Waals surface area (Å²) >= 11 is 0. The summed E-state index contributed by atoms with van der Waals surface area (Å²) in [6, 6.07) is 0. The fourth-order valence-electron chi connectivity index (χ4n) is 1.14. The summed E-state index contributed by atoms with van der Waals surface area (Å²) in [5.74, 6) is 0. The van der Waals surface area contributed by atoms with Gasteiger partial charge >= 0.3 is 0 Å². The summed E-state index contributed by atoms with van der Waals surface area (Å²) in [5, 5.41) is 11.1. The van der Waals surface area contributed by atoms with Crippen molar-refractivity contribution in [3.63, 3.8) is 0 Å². The monoisotopic (exact) mass is 114 g/mol. The molecular formula is C6H12NO. The van der Waals surface area contributed by atoms with Crippen molar-refractivity contribution in [3.8, 4) is 0 Å². The molecule has 2 heteroatoms. The van der Waals surface area contributed by atoms with Gasteiger partial charge in [0, 0.05) is 19.8 Å². The number of nitrogens with zero attached hydrogens (tertiary/aromatic N) is 1. The molecule has 2 nitrogen and oxygen atoms in total. The van der Waals surface area contributed by atoms with E-state index in [1.807, 2.05) is 0 Å². The summed E-state index contributed by atoms with van der Waals surface area (Å²) < 4.78 is -0.0417. The van der Waals surface area contributed by atoms with E-state index in [2.05, 4.69) is 6.92 Å². The Hall–Kier alpha value is -0.0800. The zero-order chi connectivity index (χ0) is 6.04. The predicted molar refractivity (Wildman–Crippen MR) is 32.8 cm³/mol. The van der Waals surface area contributed by atoms with Gasteiger partial charge in [-0.15, -0.1) is 0 Å². The number of quaternary nitrogens is 1. The van der Waals surface area contributed by atoms with Gasteiger partial charge in [-0.3, -0.25) is 0 Å². The molecule has 0 atom stereocenters. The van der Waals surface area contributed by atoms with E-state index in [1.54, 1.807) is 0 Å². The first-order chi connectivity index (χ1) is 3.77. The van der Waals surface area contributed by atoms with Gasteiger partial charge in [0.2, 0.25) is 0 Å². The maximum absolute atomic E-state index is 11.1. The molecule has 0 amide bonds. The van der Waals surface area contributed by atoms with Gasteiger partial charge in [-0.1, -0.05) is 0 Å². The summed E-state index contributed by atoms with van der Waals surface area (Å²) in [4.78, 5) is 0. The minimum absolute atomic E-state index is 0.0417. The lowest BCUT2D eigenvalue weighted by atomic mass is 10.4. The van der Waals surface area contributed by atoms with Crippen molar-refractivity contribution in [3.05, 3.63) is 12.1 Å². The van der Waals surface area contributed by atoms with Crippen molar-refractivity contribution < 1.29 is 4.65 Å². The Balaban J connectivity index is 2.40. The molecule has 1 radical (unpaired) electrons. The molecule has 0 spiro atoms. The van der Waals surface area contributed by atoms with Crippen molar-refractivity contribution in [1.82, 2.24) is 0 Å². The third kappa shape index (κ3) is 1.01. The van der Waals surface area contributed by atoms with Gasteiger partial charge in [0.15, 0.2) is 0 Å². The second kappa shape index (κ2) is 2.03. The number of hydrogen-bond acceptors (Lipinski definition) is 1. The molecule has 1 fully saturated rings. The van der Waals surface area contributed by atoms with E-state index >= 15 is 0 Å². The number of rotatable bonds is 1. The van der Waals surface area contributed by atoms with Gasteiger partial charge in [-0.05, 0) is 0 Å². The molecule has 8 heavy (non-hydrogen) atoms. The van der Waals surface area contributed by atoms with Crippen LogP contribution in [0.4, 0.5) is 0 Å². The van der Waals surface area contributed by atoms with E-state index in [4.69, 9.17) is 0 Å². The molecule has 0 bridgehead atoms. The van der Waals surface area contributed by atoms with Crippen molar-refractivity contribution in [1.29, 1.82) is 0 Å². The van der Waals surface area contributed by atoms with Crippen molar-refractivity contribution in [2.75, 3.05) is 19.6 Å². The van der Waals surface area contributed by atoms with Gasteiger partial charge in [0.05, 0.1) is 19.6 Å². The van der Waals surface area contributed by atoms with Crippen LogP contribution in [0.5, 0.6) is 0 Å². The zero-order valence-corrected chi connectivity index (χ0v) is 5.10. The highest BCUT2D eigenvalue weighted by molar-refractivity contribution is 4.54. The third-order valence-corrected chi connectivity index (χ3v) is 1.79. The SMILES string of the molecule is [CH2]C[N+]1([O-])CCCC1. The molecule has 0 aromatic rings. The fraction of sp³-hybridized carbons (Fsp3) is 0.833. The van der Waals surface area contributed by atoms with Crippen LogP contribution in [-0.4, -0.2) is 24.3 Å². The van der Waals surface area contributed by atoms with Gasteiger partial charge in [0.1, 0.15) is 0 Å². The predicted octanol–water partition coefficient (Wildman–Crippen LogP) is 0.929. The van der Waals surface area contributed by atoms with Crippen LogP contribution in [-0.2, 0) is 0 Å². The standard InChI is InChI=1S/C6H12NO/c1-2-7(8)5-3-4-6-7/h1-6H2. The molecule has 0 aliphatic carbocycles. The van der Waals surface area contributed by atoms with Crippen LogP contribution in [0.15, 0.2) is 0 Å². The normalized spacial score (nSPS) is 26.2. The van der Waals surface area contributed by atoms with Crippen LogP contribution >= 0.6 is 0 Å². The molecular weight excluding hydrogens is 102 g/mol. The first kappa shape index (κ1) is 6.05. The molecule has 0 aromatic heterocycles. The molecule has 0 saturated carbocycles.